The number of benzene rings is 2. The summed E-state index contributed by atoms with van der Waals surface area (Å²) in [6, 6.07) is 14.0. The lowest BCUT2D eigenvalue weighted by molar-refractivity contribution is -0.384. The fourth-order valence-electron chi connectivity index (χ4n) is 3.75. The second-order valence-corrected chi connectivity index (χ2v) is 7.50. The van der Waals surface area contributed by atoms with E-state index in [4.69, 9.17) is 4.74 Å². The quantitative estimate of drug-likeness (QED) is 0.376. The van der Waals surface area contributed by atoms with Gasteiger partial charge in [0.15, 0.2) is 0 Å². The Balaban J connectivity index is 1.71. The van der Waals surface area contributed by atoms with Crippen molar-refractivity contribution in [1.82, 2.24) is 5.32 Å². The molecular weight excluding hydrogens is 398 g/mol. The summed E-state index contributed by atoms with van der Waals surface area (Å²) in [5, 5.41) is 14.3. The number of carbonyl (C=O) groups is 2. The van der Waals surface area contributed by atoms with Crippen molar-refractivity contribution in [3.8, 4) is 0 Å². The van der Waals surface area contributed by atoms with Crippen LogP contribution in [0.4, 0.5) is 11.4 Å². The van der Waals surface area contributed by atoms with Crippen LogP contribution in [0.3, 0.4) is 0 Å². The van der Waals surface area contributed by atoms with Gasteiger partial charge < -0.3 is 15.0 Å². The van der Waals surface area contributed by atoms with Crippen LogP contribution >= 0.6 is 0 Å². The van der Waals surface area contributed by atoms with Gasteiger partial charge in [-0.25, -0.2) is 0 Å². The largest absolute Gasteiger partial charge is 0.466 e. The topological polar surface area (TPSA) is 102 Å². The summed E-state index contributed by atoms with van der Waals surface area (Å²) in [4.78, 5) is 38.1. The van der Waals surface area contributed by atoms with Crippen molar-refractivity contribution < 1.29 is 19.2 Å². The lowest BCUT2D eigenvalue weighted by atomic mass is 9.99. The molecule has 1 N–H and O–H groups in total. The van der Waals surface area contributed by atoms with Crippen LogP contribution in [0.15, 0.2) is 48.5 Å². The van der Waals surface area contributed by atoms with Crippen molar-refractivity contribution in [2.24, 2.45) is 5.92 Å². The third-order valence-corrected chi connectivity index (χ3v) is 5.33. The van der Waals surface area contributed by atoms with Crippen LogP contribution in [0.25, 0.3) is 0 Å². The normalized spacial score (nSPS) is 14.2. The summed E-state index contributed by atoms with van der Waals surface area (Å²) < 4.78 is 5.15. The van der Waals surface area contributed by atoms with Crippen LogP contribution in [0, 0.1) is 16.0 Å². The fraction of sp³-hybridized carbons (Fsp3) is 0.391. The van der Waals surface area contributed by atoms with Crippen LogP contribution in [0.2, 0.25) is 0 Å². The highest BCUT2D eigenvalue weighted by atomic mass is 16.6. The highest BCUT2D eigenvalue weighted by Gasteiger charge is 2.25. The van der Waals surface area contributed by atoms with Gasteiger partial charge in [-0.15, -0.1) is 0 Å². The molecule has 1 amide bonds. The molecule has 164 valence electrons. The van der Waals surface area contributed by atoms with Crippen LogP contribution in [-0.2, 0) is 16.0 Å². The van der Waals surface area contributed by atoms with Crippen LogP contribution in [-0.4, -0.2) is 43.0 Å². The Morgan fingerprint density at radius 2 is 1.87 bits per heavy atom. The van der Waals surface area contributed by atoms with Crippen molar-refractivity contribution >= 4 is 23.3 Å². The number of anilines is 1. The summed E-state index contributed by atoms with van der Waals surface area (Å²) in [5.41, 5.74) is 1.60. The van der Waals surface area contributed by atoms with Gasteiger partial charge in [0.1, 0.15) is 5.69 Å². The van der Waals surface area contributed by atoms with E-state index in [1.54, 1.807) is 19.1 Å². The first-order valence-corrected chi connectivity index (χ1v) is 10.5. The molecule has 0 aromatic heterocycles. The Labute approximate surface area is 181 Å². The number of nitrogens with zero attached hydrogens (tertiary/aromatic N) is 2. The van der Waals surface area contributed by atoms with Gasteiger partial charge in [0, 0.05) is 31.3 Å². The lowest BCUT2D eigenvalue weighted by Crippen LogP contribution is -2.35. The predicted molar refractivity (Wildman–Crippen MR) is 117 cm³/mol. The SMILES string of the molecule is CCOC(=O)C(CNC(=O)c1ccc(N2CCCC2)c([N+](=O)[O-])c1)Cc1ccccc1. The molecule has 0 bridgehead atoms. The molecule has 2 aromatic carbocycles. The van der Waals surface area contributed by atoms with Gasteiger partial charge >= 0.3 is 5.97 Å². The second-order valence-electron chi connectivity index (χ2n) is 7.50. The monoisotopic (exact) mass is 425 g/mol. The Bertz CT molecular complexity index is 926. The van der Waals surface area contributed by atoms with E-state index in [1.807, 2.05) is 35.2 Å². The van der Waals surface area contributed by atoms with Gasteiger partial charge in [-0.1, -0.05) is 30.3 Å². The molecule has 1 aliphatic heterocycles. The molecule has 1 saturated heterocycles. The minimum absolute atomic E-state index is 0.0776. The van der Waals surface area contributed by atoms with Crippen LogP contribution < -0.4 is 10.2 Å². The fourth-order valence-corrected chi connectivity index (χ4v) is 3.75. The van der Waals surface area contributed by atoms with E-state index >= 15 is 0 Å². The van der Waals surface area contributed by atoms with E-state index in [9.17, 15) is 19.7 Å². The first-order chi connectivity index (χ1) is 15.0. The molecule has 0 radical (unpaired) electrons. The zero-order valence-electron chi connectivity index (χ0n) is 17.6. The molecule has 1 fully saturated rings. The highest BCUT2D eigenvalue weighted by Crippen LogP contribution is 2.31. The van der Waals surface area contributed by atoms with Gasteiger partial charge in [0.25, 0.3) is 11.6 Å². The molecule has 2 aromatic rings. The van der Waals surface area contributed by atoms with Crippen molar-refractivity contribution in [1.29, 1.82) is 0 Å². The first kappa shape index (κ1) is 22.3. The van der Waals surface area contributed by atoms with Gasteiger partial charge in [0.05, 0.1) is 17.4 Å². The maximum Gasteiger partial charge on any atom is 0.311 e. The molecular formula is C23H27N3O5. The second kappa shape index (κ2) is 10.6. The number of rotatable bonds is 9. The van der Waals surface area contributed by atoms with Crippen molar-refractivity contribution in [2.75, 3.05) is 31.1 Å². The number of nitro groups is 1. The molecule has 0 aliphatic carbocycles. The number of ether oxygens (including phenoxy) is 1. The standard InChI is InChI=1S/C23H27N3O5/c1-2-31-23(28)19(14-17-8-4-3-5-9-17)16-24-22(27)18-10-11-20(21(15-18)26(29)30)25-12-6-7-13-25/h3-5,8-11,15,19H,2,6-7,12-14,16H2,1H3,(H,24,27). The molecule has 31 heavy (non-hydrogen) atoms. The zero-order valence-corrected chi connectivity index (χ0v) is 17.6. The van der Waals surface area contributed by atoms with E-state index in [0.717, 1.165) is 31.5 Å². The van der Waals surface area contributed by atoms with Crippen LogP contribution in [0.5, 0.6) is 0 Å². The molecule has 3 rings (SSSR count). The maximum absolute atomic E-state index is 12.7. The summed E-state index contributed by atoms with van der Waals surface area (Å²) in [6.45, 7) is 3.60. The lowest BCUT2D eigenvalue weighted by Gasteiger charge is -2.18. The third-order valence-electron chi connectivity index (χ3n) is 5.33. The number of hydrogen-bond donors (Lipinski definition) is 1. The minimum Gasteiger partial charge on any atom is -0.466 e. The Kier molecular flexibility index (Phi) is 7.59. The summed E-state index contributed by atoms with van der Waals surface area (Å²) in [5.74, 6) is -1.40. The van der Waals surface area contributed by atoms with Crippen molar-refractivity contribution in [2.45, 2.75) is 26.2 Å². The average molecular weight is 425 g/mol. The molecule has 1 atom stereocenters. The number of hydrogen-bond acceptors (Lipinski definition) is 6. The maximum atomic E-state index is 12.7. The zero-order chi connectivity index (χ0) is 22.2. The molecule has 0 saturated carbocycles. The predicted octanol–water partition coefficient (Wildman–Crippen LogP) is 3.35. The van der Waals surface area contributed by atoms with Gasteiger partial charge in [-0.05, 0) is 43.9 Å². The summed E-state index contributed by atoms with van der Waals surface area (Å²) in [6.07, 6.45) is 2.42. The van der Waals surface area contributed by atoms with E-state index in [2.05, 4.69) is 5.32 Å². The smallest absolute Gasteiger partial charge is 0.311 e. The molecule has 1 heterocycles. The third kappa shape index (κ3) is 5.81. The Hall–Kier alpha value is -3.42. The van der Waals surface area contributed by atoms with E-state index in [1.165, 1.54) is 6.07 Å². The van der Waals surface area contributed by atoms with E-state index < -0.39 is 16.7 Å². The molecule has 1 unspecified atom stereocenters. The number of nitrogens with one attached hydrogen (secondary N) is 1. The van der Waals surface area contributed by atoms with E-state index in [-0.39, 0.29) is 30.4 Å². The number of esters is 1. The van der Waals surface area contributed by atoms with E-state index in [0.29, 0.717) is 12.1 Å². The van der Waals surface area contributed by atoms with Gasteiger partial charge in [0.2, 0.25) is 0 Å². The number of amides is 1. The van der Waals surface area contributed by atoms with Crippen LogP contribution in [0.1, 0.15) is 35.7 Å². The number of carbonyl (C=O) groups excluding carboxylic acids is 2. The van der Waals surface area contributed by atoms with Gasteiger partial charge in [-0.3, -0.25) is 19.7 Å². The number of nitro benzene ring substituents is 1. The highest BCUT2D eigenvalue weighted by molar-refractivity contribution is 5.96. The van der Waals surface area contributed by atoms with Crippen molar-refractivity contribution in [3.63, 3.8) is 0 Å². The molecule has 8 nitrogen and oxygen atoms in total. The molecule has 1 aliphatic rings. The van der Waals surface area contributed by atoms with Gasteiger partial charge in [-0.2, -0.15) is 0 Å². The first-order valence-electron chi connectivity index (χ1n) is 10.5. The molecule has 8 heteroatoms. The average Bonchev–Trinajstić information content (AvgIpc) is 3.31. The summed E-state index contributed by atoms with van der Waals surface area (Å²) in [7, 11) is 0. The van der Waals surface area contributed by atoms with Crippen molar-refractivity contribution in [3.05, 3.63) is 69.8 Å². The Morgan fingerprint density at radius 1 is 1.16 bits per heavy atom. The molecule has 0 spiro atoms. The Morgan fingerprint density at radius 3 is 2.52 bits per heavy atom. The minimum atomic E-state index is -0.551. The summed E-state index contributed by atoms with van der Waals surface area (Å²) >= 11 is 0.